The summed E-state index contributed by atoms with van der Waals surface area (Å²) in [6, 6.07) is 11.3. The summed E-state index contributed by atoms with van der Waals surface area (Å²) in [5.41, 5.74) is 4.03. The van der Waals surface area contributed by atoms with Gasteiger partial charge in [-0.3, -0.25) is 9.78 Å². The number of carbonyl (C=O) groups excluding carboxylic acids is 1. The van der Waals surface area contributed by atoms with E-state index in [9.17, 15) is 4.79 Å². The topological polar surface area (TPSA) is 77.0 Å². The van der Waals surface area contributed by atoms with Gasteiger partial charge in [0, 0.05) is 29.7 Å². The number of methoxy groups -OCH3 is 1. The molecule has 0 unspecified atom stereocenters. The van der Waals surface area contributed by atoms with Crippen LogP contribution < -0.4 is 10.1 Å². The monoisotopic (exact) mass is 374 g/mol. The van der Waals surface area contributed by atoms with E-state index in [0.717, 1.165) is 29.7 Å². The quantitative estimate of drug-likeness (QED) is 0.711. The Kier molecular flexibility index (Phi) is 5.02. The van der Waals surface area contributed by atoms with E-state index < -0.39 is 0 Å². The zero-order chi connectivity index (χ0) is 19.5. The third-order valence-corrected chi connectivity index (χ3v) is 4.89. The lowest BCUT2D eigenvalue weighted by Gasteiger charge is -2.18. The highest BCUT2D eigenvalue weighted by Crippen LogP contribution is 2.40. The Hall–Kier alpha value is -3.28. The summed E-state index contributed by atoms with van der Waals surface area (Å²) in [7, 11) is 1.55. The van der Waals surface area contributed by atoms with E-state index >= 15 is 0 Å². The number of amides is 1. The minimum Gasteiger partial charge on any atom is -0.479 e. The summed E-state index contributed by atoms with van der Waals surface area (Å²) in [5.74, 6) is 0.756. The highest BCUT2D eigenvalue weighted by molar-refractivity contribution is 5.95. The van der Waals surface area contributed by atoms with Gasteiger partial charge in [-0.15, -0.1) is 0 Å². The van der Waals surface area contributed by atoms with Crippen LogP contribution in [-0.4, -0.2) is 28.0 Å². The first-order valence-electron chi connectivity index (χ1n) is 9.34. The summed E-state index contributed by atoms with van der Waals surface area (Å²) in [4.78, 5) is 26.0. The van der Waals surface area contributed by atoms with Gasteiger partial charge < -0.3 is 10.1 Å². The molecule has 4 rings (SSSR count). The van der Waals surface area contributed by atoms with Crippen LogP contribution in [0.3, 0.4) is 0 Å². The van der Waals surface area contributed by atoms with Gasteiger partial charge in [0.05, 0.1) is 18.8 Å². The fourth-order valence-corrected chi connectivity index (χ4v) is 3.30. The van der Waals surface area contributed by atoms with Crippen molar-refractivity contribution in [1.82, 2.24) is 20.3 Å². The lowest BCUT2D eigenvalue weighted by atomic mass is 10.0. The minimum absolute atomic E-state index is 0.0675. The van der Waals surface area contributed by atoms with Gasteiger partial charge in [-0.05, 0) is 55.5 Å². The maximum absolute atomic E-state index is 13.0. The second-order valence-electron chi connectivity index (χ2n) is 7.04. The Morgan fingerprint density at radius 3 is 2.68 bits per heavy atom. The van der Waals surface area contributed by atoms with Gasteiger partial charge in [0.2, 0.25) is 5.88 Å². The van der Waals surface area contributed by atoms with Crippen molar-refractivity contribution in [3.63, 3.8) is 0 Å². The average Bonchev–Trinajstić information content (AvgIpc) is 3.57. The Balaban J connectivity index is 1.59. The van der Waals surface area contributed by atoms with Gasteiger partial charge >= 0.3 is 0 Å². The summed E-state index contributed by atoms with van der Waals surface area (Å²) in [5, 5.41) is 3.18. The number of nitrogens with zero attached hydrogens (tertiary/aromatic N) is 3. The molecule has 28 heavy (non-hydrogen) atoms. The van der Waals surface area contributed by atoms with Crippen molar-refractivity contribution in [2.24, 2.45) is 5.92 Å². The molecule has 1 aliphatic carbocycles. The average molecular weight is 374 g/mol. The Labute approximate surface area is 164 Å². The molecule has 0 spiro atoms. The first kappa shape index (κ1) is 18.1. The molecule has 1 fully saturated rings. The number of pyridine rings is 1. The molecule has 1 N–H and O–H groups in total. The van der Waals surface area contributed by atoms with Crippen molar-refractivity contribution in [2.45, 2.75) is 25.8 Å². The maximum Gasteiger partial charge on any atom is 0.251 e. The van der Waals surface area contributed by atoms with E-state index in [2.05, 4.69) is 20.3 Å². The molecule has 0 bridgehead atoms. The molecule has 142 valence electrons. The second-order valence-corrected chi connectivity index (χ2v) is 7.04. The summed E-state index contributed by atoms with van der Waals surface area (Å²) in [6.07, 6.45) is 7.20. The SMILES string of the molecule is COc1nccnc1-c1cccc(C(=O)N[C@@H](c2cc(C)ccn2)C2CC2)c1. The summed E-state index contributed by atoms with van der Waals surface area (Å²) in [6.45, 7) is 2.04. The number of aromatic nitrogens is 3. The van der Waals surface area contributed by atoms with Crippen LogP contribution in [0, 0.1) is 12.8 Å². The molecule has 1 aliphatic rings. The predicted octanol–water partition coefficient (Wildman–Crippen LogP) is 3.74. The van der Waals surface area contributed by atoms with E-state index in [4.69, 9.17) is 4.74 Å². The number of nitrogens with one attached hydrogen (secondary N) is 1. The number of benzene rings is 1. The molecule has 0 saturated heterocycles. The summed E-state index contributed by atoms with van der Waals surface area (Å²) < 4.78 is 5.29. The fourth-order valence-electron chi connectivity index (χ4n) is 3.30. The van der Waals surface area contributed by atoms with Gasteiger partial charge in [0.1, 0.15) is 5.69 Å². The van der Waals surface area contributed by atoms with Gasteiger partial charge in [-0.25, -0.2) is 9.97 Å². The van der Waals surface area contributed by atoms with Crippen molar-refractivity contribution in [1.29, 1.82) is 0 Å². The van der Waals surface area contributed by atoms with Crippen molar-refractivity contribution in [3.05, 3.63) is 71.8 Å². The van der Waals surface area contributed by atoms with Gasteiger partial charge in [-0.1, -0.05) is 12.1 Å². The van der Waals surface area contributed by atoms with Crippen LogP contribution in [-0.2, 0) is 0 Å². The highest BCUT2D eigenvalue weighted by Gasteiger charge is 2.34. The molecule has 2 aromatic heterocycles. The molecule has 0 aliphatic heterocycles. The van der Waals surface area contributed by atoms with Crippen molar-refractivity contribution in [3.8, 4) is 17.1 Å². The number of hydrogen-bond donors (Lipinski definition) is 1. The van der Waals surface area contributed by atoms with Gasteiger partial charge in [0.15, 0.2) is 0 Å². The molecular weight excluding hydrogens is 352 g/mol. The largest absolute Gasteiger partial charge is 0.479 e. The van der Waals surface area contributed by atoms with E-state index in [1.165, 1.54) is 0 Å². The predicted molar refractivity (Wildman–Crippen MR) is 106 cm³/mol. The third kappa shape index (κ3) is 3.86. The first-order valence-corrected chi connectivity index (χ1v) is 9.34. The van der Waals surface area contributed by atoms with Crippen LogP contribution in [0.1, 0.15) is 40.5 Å². The molecule has 0 radical (unpaired) electrons. The van der Waals surface area contributed by atoms with Crippen LogP contribution in [0.2, 0.25) is 0 Å². The second kappa shape index (κ2) is 7.76. The van der Waals surface area contributed by atoms with E-state index in [1.54, 1.807) is 31.8 Å². The molecular formula is C22H22N4O2. The maximum atomic E-state index is 13.0. The Morgan fingerprint density at radius 1 is 1.11 bits per heavy atom. The Morgan fingerprint density at radius 2 is 1.93 bits per heavy atom. The van der Waals surface area contributed by atoms with Crippen LogP contribution >= 0.6 is 0 Å². The molecule has 2 heterocycles. The molecule has 1 amide bonds. The number of carbonyl (C=O) groups is 1. The fraction of sp³-hybridized carbons (Fsp3) is 0.273. The van der Waals surface area contributed by atoms with Crippen LogP contribution in [0.4, 0.5) is 0 Å². The van der Waals surface area contributed by atoms with Crippen molar-refractivity contribution < 1.29 is 9.53 Å². The van der Waals surface area contributed by atoms with E-state index in [1.807, 2.05) is 37.3 Å². The lowest BCUT2D eigenvalue weighted by Crippen LogP contribution is -2.30. The summed E-state index contributed by atoms with van der Waals surface area (Å²) >= 11 is 0. The zero-order valence-corrected chi connectivity index (χ0v) is 15.9. The van der Waals surface area contributed by atoms with Gasteiger partial charge in [0.25, 0.3) is 5.91 Å². The number of aryl methyl sites for hydroxylation is 1. The lowest BCUT2D eigenvalue weighted by molar-refractivity contribution is 0.0930. The highest BCUT2D eigenvalue weighted by atomic mass is 16.5. The zero-order valence-electron chi connectivity index (χ0n) is 15.9. The molecule has 3 aromatic rings. The normalized spacial score (nSPS) is 14.4. The molecule has 1 saturated carbocycles. The van der Waals surface area contributed by atoms with E-state index in [-0.39, 0.29) is 11.9 Å². The number of rotatable bonds is 6. The smallest absolute Gasteiger partial charge is 0.251 e. The van der Waals surface area contributed by atoms with E-state index in [0.29, 0.717) is 23.1 Å². The molecule has 1 atom stereocenters. The number of ether oxygens (including phenoxy) is 1. The van der Waals surface area contributed by atoms with Crippen LogP contribution in [0.15, 0.2) is 55.0 Å². The third-order valence-electron chi connectivity index (χ3n) is 4.89. The molecule has 6 nitrogen and oxygen atoms in total. The van der Waals surface area contributed by atoms with Crippen LogP contribution in [0.5, 0.6) is 5.88 Å². The standard InChI is InChI=1S/C22H22N4O2/c1-14-8-9-23-18(12-14)19(15-6-7-15)26-21(27)17-5-3-4-16(13-17)20-22(28-2)25-11-10-24-20/h3-5,8-13,15,19H,6-7H2,1-2H3,(H,26,27)/t19-/m1/s1. The van der Waals surface area contributed by atoms with Gasteiger partial charge in [-0.2, -0.15) is 0 Å². The van der Waals surface area contributed by atoms with Crippen molar-refractivity contribution >= 4 is 5.91 Å². The molecule has 6 heteroatoms. The first-order chi connectivity index (χ1) is 13.7. The van der Waals surface area contributed by atoms with Crippen molar-refractivity contribution in [2.75, 3.05) is 7.11 Å². The minimum atomic E-state index is -0.120. The number of hydrogen-bond acceptors (Lipinski definition) is 5. The Bertz CT molecular complexity index is 1000. The van der Waals surface area contributed by atoms with Crippen LogP contribution in [0.25, 0.3) is 11.3 Å². The molecule has 1 aromatic carbocycles.